The summed E-state index contributed by atoms with van der Waals surface area (Å²) in [5.74, 6) is 0. The zero-order valence-electron chi connectivity index (χ0n) is 12.8. The lowest BCUT2D eigenvalue weighted by Gasteiger charge is -2.18. The van der Waals surface area contributed by atoms with E-state index < -0.39 is 15.2 Å². The Balaban J connectivity index is 2.96. The third-order valence-corrected chi connectivity index (χ3v) is 6.40. The Hall–Kier alpha value is -0.980. The molecule has 0 unspecified atom stereocenters. The van der Waals surface area contributed by atoms with Crippen molar-refractivity contribution in [3.05, 3.63) is 40.4 Å². The van der Waals surface area contributed by atoms with E-state index in [1.54, 1.807) is 14.0 Å². The average Bonchev–Trinajstić information content (AvgIpc) is 2.43. The van der Waals surface area contributed by atoms with Gasteiger partial charge in [0.15, 0.2) is 0 Å². The van der Waals surface area contributed by atoms with Gasteiger partial charge in [-0.1, -0.05) is 6.07 Å². The maximum atomic E-state index is 11.9. The summed E-state index contributed by atoms with van der Waals surface area (Å²) in [6.07, 6.45) is 0. The van der Waals surface area contributed by atoms with Gasteiger partial charge in [0.05, 0.1) is 10.6 Å². The summed E-state index contributed by atoms with van der Waals surface area (Å²) in [6.45, 7) is 1.72. The van der Waals surface area contributed by atoms with Gasteiger partial charge in [-0.25, -0.2) is 0 Å². The van der Waals surface area contributed by atoms with Crippen LogP contribution < -0.4 is 15.9 Å². The van der Waals surface area contributed by atoms with Crippen molar-refractivity contribution < 1.29 is 28.7 Å². The first-order valence-corrected chi connectivity index (χ1v) is 10.7. The predicted molar refractivity (Wildman–Crippen MR) is 97.2 cm³/mol. The van der Waals surface area contributed by atoms with Gasteiger partial charge in [-0.2, -0.15) is 0 Å². The second-order valence-corrected chi connectivity index (χ2v) is 9.17. The van der Waals surface area contributed by atoms with Crippen LogP contribution in [0.1, 0.15) is 5.56 Å². The Morgan fingerprint density at radius 1 is 0.958 bits per heavy atom. The normalized spacial score (nSPS) is 12.3. The van der Waals surface area contributed by atoms with Gasteiger partial charge in [-0.05, 0) is 58.2 Å². The molecule has 0 atom stereocenters. The first-order valence-electron chi connectivity index (χ1n) is 6.69. The van der Waals surface area contributed by atoms with Crippen LogP contribution in [-0.4, -0.2) is 26.6 Å². The molecule has 0 aliphatic carbocycles. The third kappa shape index (κ3) is 3.98. The molecule has 0 spiro atoms. The fraction of sp³-hybridized carbons (Fsp3) is 0.143. The van der Waals surface area contributed by atoms with Gasteiger partial charge in [0.25, 0.3) is 0 Å². The van der Waals surface area contributed by atoms with Crippen molar-refractivity contribution in [2.45, 2.75) is 6.92 Å². The summed E-state index contributed by atoms with van der Waals surface area (Å²) in [6, 6.07) is 7.22. The van der Waals surface area contributed by atoms with E-state index in [9.17, 15) is 28.7 Å². The number of aryl methyl sites for hydroxylation is 1. The van der Waals surface area contributed by atoms with Crippen molar-refractivity contribution in [1.82, 2.24) is 0 Å². The van der Waals surface area contributed by atoms with Gasteiger partial charge in [0.1, 0.15) is 0 Å². The molecule has 0 aliphatic rings. The molecule has 0 aliphatic heterocycles. The number of hydrogen-bond acceptors (Lipinski definition) is 3. The summed E-state index contributed by atoms with van der Waals surface area (Å²) in [5.41, 5.74) is 1.38. The number of rotatable bonds is 4. The van der Waals surface area contributed by atoms with Crippen molar-refractivity contribution >= 4 is 47.4 Å². The highest BCUT2D eigenvalue weighted by molar-refractivity contribution is 9.10. The maximum absolute atomic E-state index is 11.9. The maximum Gasteiger partial charge on any atom is 0.357 e. The fourth-order valence-corrected chi connectivity index (χ4v) is 5.27. The molecule has 0 radical (unpaired) electrons. The smallest absolute Gasteiger partial charge is 0.357 e. The molecule has 7 nitrogen and oxygen atoms in total. The number of halogens is 1. The molecule has 2 rings (SSSR count). The van der Waals surface area contributed by atoms with E-state index in [-0.39, 0.29) is 26.2 Å². The van der Waals surface area contributed by atoms with Crippen LogP contribution in [0.15, 0.2) is 34.8 Å². The summed E-state index contributed by atoms with van der Waals surface area (Å²) >= 11 is 3.14. The van der Waals surface area contributed by atoms with Crippen molar-refractivity contribution in [3.8, 4) is 11.1 Å². The van der Waals surface area contributed by atoms with Crippen molar-refractivity contribution in [3.63, 3.8) is 0 Å². The minimum atomic E-state index is -4.69. The van der Waals surface area contributed by atoms with Gasteiger partial charge in [0.2, 0.25) is 0 Å². The zero-order chi connectivity index (χ0) is 18.3. The third-order valence-electron chi connectivity index (χ3n) is 3.39. The molecule has 2 aromatic carbocycles. The molecule has 0 bridgehead atoms. The summed E-state index contributed by atoms with van der Waals surface area (Å²) in [4.78, 5) is 38.6. The van der Waals surface area contributed by atoms with Crippen molar-refractivity contribution in [2.24, 2.45) is 0 Å². The number of anilines is 1. The van der Waals surface area contributed by atoms with E-state index in [1.807, 2.05) is 0 Å². The van der Waals surface area contributed by atoms with Crippen LogP contribution in [0.3, 0.4) is 0 Å². The van der Waals surface area contributed by atoms with Gasteiger partial charge in [0, 0.05) is 22.8 Å². The highest BCUT2D eigenvalue weighted by atomic mass is 79.9. The Bertz CT molecular complexity index is 889. The van der Waals surface area contributed by atoms with Gasteiger partial charge in [-0.15, -0.1) is 0 Å². The molecule has 0 saturated carbocycles. The molecule has 0 saturated heterocycles. The van der Waals surface area contributed by atoms with E-state index in [2.05, 4.69) is 21.2 Å². The summed E-state index contributed by atoms with van der Waals surface area (Å²) in [5, 5.41) is 2.24. The van der Waals surface area contributed by atoms with E-state index >= 15 is 0 Å². The average molecular weight is 436 g/mol. The lowest BCUT2D eigenvalue weighted by Crippen LogP contribution is -2.16. The summed E-state index contributed by atoms with van der Waals surface area (Å²) < 4.78 is 23.9. The monoisotopic (exact) mass is 435 g/mol. The van der Waals surface area contributed by atoms with E-state index in [1.165, 1.54) is 30.3 Å². The van der Waals surface area contributed by atoms with Crippen LogP contribution in [0.4, 0.5) is 5.69 Å². The van der Waals surface area contributed by atoms with Gasteiger partial charge < -0.3 is 24.9 Å². The van der Waals surface area contributed by atoms with Crippen molar-refractivity contribution in [2.75, 3.05) is 12.4 Å². The van der Waals surface area contributed by atoms with E-state index in [0.717, 1.165) is 0 Å². The van der Waals surface area contributed by atoms with Crippen LogP contribution >= 0.6 is 31.1 Å². The molecular formula is C14H16BrNO6P2. The molecule has 5 N–H and O–H groups in total. The van der Waals surface area contributed by atoms with Crippen LogP contribution in [0.5, 0.6) is 0 Å². The van der Waals surface area contributed by atoms with Crippen LogP contribution in [0.25, 0.3) is 11.1 Å². The number of benzene rings is 2. The molecule has 10 heteroatoms. The van der Waals surface area contributed by atoms with Crippen LogP contribution in [0, 0.1) is 6.92 Å². The topological polar surface area (TPSA) is 127 Å². The second kappa shape index (κ2) is 6.73. The molecule has 0 amide bonds. The number of hydrogen-bond donors (Lipinski definition) is 5. The SMILES string of the molecule is CNc1ccc(P(=O)(O)O)c(-c2cc(C)cc(Br)c2P(=O)(O)O)c1. The standard InChI is InChI=1S/C14H16BrNO6P2/c1-8-5-11(14(12(15)6-8)24(20,21)22)10-7-9(16-2)3-4-13(10)23(17,18)19/h3-7,16H,1-2H3,(H2,17,18,19)(H2,20,21,22). The molecule has 130 valence electrons. The van der Waals surface area contributed by atoms with Crippen LogP contribution in [-0.2, 0) is 9.13 Å². The van der Waals surface area contributed by atoms with E-state index in [4.69, 9.17) is 0 Å². The molecule has 0 heterocycles. The molecule has 0 aromatic heterocycles. The Kier molecular flexibility index (Phi) is 5.43. The molecular weight excluding hydrogens is 420 g/mol. The lowest BCUT2D eigenvalue weighted by atomic mass is 10.0. The largest absolute Gasteiger partial charge is 0.388 e. The Morgan fingerprint density at radius 3 is 2.08 bits per heavy atom. The van der Waals surface area contributed by atoms with Crippen LogP contribution in [0.2, 0.25) is 0 Å². The Labute approximate surface area is 147 Å². The minimum absolute atomic E-state index is 0.0675. The number of nitrogens with one attached hydrogen (secondary N) is 1. The first-order chi connectivity index (χ1) is 10.9. The van der Waals surface area contributed by atoms with Gasteiger partial charge >= 0.3 is 15.2 Å². The highest BCUT2D eigenvalue weighted by Crippen LogP contribution is 2.44. The minimum Gasteiger partial charge on any atom is -0.388 e. The first kappa shape index (κ1) is 19.3. The molecule has 24 heavy (non-hydrogen) atoms. The van der Waals surface area contributed by atoms with Crippen molar-refractivity contribution in [1.29, 1.82) is 0 Å². The van der Waals surface area contributed by atoms with Gasteiger partial charge in [-0.3, -0.25) is 9.13 Å². The zero-order valence-corrected chi connectivity index (χ0v) is 16.1. The summed E-state index contributed by atoms with van der Waals surface area (Å²) in [7, 11) is -7.71. The van der Waals surface area contributed by atoms with E-state index in [0.29, 0.717) is 11.3 Å². The lowest BCUT2D eigenvalue weighted by molar-refractivity contribution is 0.385. The predicted octanol–water partition coefficient (Wildman–Crippen LogP) is 2.07. The second-order valence-electron chi connectivity index (χ2n) is 5.21. The fourth-order valence-electron chi connectivity index (χ4n) is 2.40. The molecule has 2 aromatic rings. The highest BCUT2D eigenvalue weighted by Gasteiger charge is 2.30. The Morgan fingerprint density at radius 2 is 1.58 bits per heavy atom. The molecule has 0 fully saturated rings. The quantitative estimate of drug-likeness (QED) is 0.465.